The van der Waals surface area contributed by atoms with Crippen LogP contribution in [0.25, 0.3) is 0 Å². The third-order valence-electron chi connectivity index (χ3n) is 5.77. The molecular formula is C27H25ClF2N6O3. The van der Waals surface area contributed by atoms with Gasteiger partial charge in [-0.15, -0.1) is 5.10 Å². The zero-order valence-corrected chi connectivity index (χ0v) is 21.4. The molecule has 4 rings (SSSR count). The summed E-state index contributed by atoms with van der Waals surface area (Å²) in [6.07, 6.45) is 1.60. The van der Waals surface area contributed by atoms with Crippen molar-refractivity contribution < 1.29 is 18.4 Å². The van der Waals surface area contributed by atoms with Crippen LogP contribution in [0.1, 0.15) is 28.0 Å². The molecule has 0 saturated carbocycles. The van der Waals surface area contributed by atoms with Crippen molar-refractivity contribution in [3.63, 3.8) is 0 Å². The summed E-state index contributed by atoms with van der Waals surface area (Å²) in [7, 11) is 0. The molecule has 2 N–H and O–H groups in total. The fourth-order valence-corrected chi connectivity index (χ4v) is 3.96. The first-order valence-electron chi connectivity index (χ1n) is 12.1. The third kappa shape index (κ3) is 8.05. The first-order valence-corrected chi connectivity index (χ1v) is 12.5. The zero-order valence-electron chi connectivity index (χ0n) is 20.7. The van der Waals surface area contributed by atoms with Crippen LogP contribution < -0.4 is 16.2 Å². The lowest BCUT2D eigenvalue weighted by atomic mass is 10.1. The van der Waals surface area contributed by atoms with Crippen molar-refractivity contribution in [3.8, 4) is 0 Å². The Kier molecular flexibility index (Phi) is 9.16. The number of rotatable bonds is 11. The highest BCUT2D eigenvalue weighted by molar-refractivity contribution is 6.30. The van der Waals surface area contributed by atoms with Crippen molar-refractivity contribution >= 4 is 29.1 Å². The van der Waals surface area contributed by atoms with Gasteiger partial charge in [-0.25, -0.2) is 13.5 Å². The number of benzene rings is 2. The minimum Gasteiger partial charge on any atom is -0.346 e. The van der Waals surface area contributed by atoms with E-state index in [1.165, 1.54) is 45.9 Å². The molecule has 202 valence electrons. The standard InChI is InChI=1S/C27H25ClF2N6O3/c28-20-6-7-23(30)19(13-20)15-31-27(39)24-17-36(34-33-24)16-21(29)8-10-35-11-9-22(14-26(35)38)32-25(37)12-18-4-2-1-3-5-18/h1-7,9,11,13-14,17,21H,8,10,12,15-16H2,(H,31,39)(H,32,37). The van der Waals surface area contributed by atoms with E-state index in [2.05, 4.69) is 20.9 Å². The maximum Gasteiger partial charge on any atom is 0.273 e. The van der Waals surface area contributed by atoms with Gasteiger partial charge in [0.25, 0.3) is 11.5 Å². The van der Waals surface area contributed by atoms with Crippen molar-refractivity contribution in [2.75, 3.05) is 5.32 Å². The van der Waals surface area contributed by atoms with Gasteiger partial charge in [0.05, 0.1) is 19.2 Å². The second-order valence-corrected chi connectivity index (χ2v) is 9.22. The van der Waals surface area contributed by atoms with Crippen LogP contribution in [0.15, 0.2) is 77.9 Å². The van der Waals surface area contributed by atoms with Crippen LogP contribution in [0.4, 0.5) is 14.5 Å². The van der Waals surface area contributed by atoms with E-state index in [9.17, 15) is 23.2 Å². The average Bonchev–Trinajstić information content (AvgIpc) is 3.37. The Hall–Kier alpha value is -4.38. The van der Waals surface area contributed by atoms with Gasteiger partial charge in [0.2, 0.25) is 5.91 Å². The highest BCUT2D eigenvalue weighted by atomic mass is 35.5. The van der Waals surface area contributed by atoms with E-state index < -0.39 is 17.9 Å². The van der Waals surface area contributed by atoms with Gasteiger partial charge in [-0.3, -0.25) is 14.4 Å². The van der Waals surface area contributed by atoms with Crippen LogP contribution in [-0.4, -0.2) is 37.5 Å². The molecule has 0 aliphatic heterocycles. The Labute approximate surface area is 227 Å². The SMILES string of the molecule is O=C(Cc1ccccc1)Nc1ccn(CCC(F)Cn2cc(C(=O)NCc3cc(Cl)ccc3F)nn2)c(=O)c1. The Morgan fingerprint density at radius 2 is 1.87 bits per heavy atom. The maximum absolute atomic E-state index is 14.6. The summed E-state index contributed by atoms with van der Waals surface area (Å²) < 4.78 is 31.0. The second-order valence-electron chi connectivity index (χ2n) is 8.79. The van der Waals surface area contributed by atoms with Gasteiger partial charge in [0.1, 0.15) is 12.0 Å². The molecule has 4 aromatic rings. The Bertz CT molecular complexity index is 1510. The summed E-state index contributed by atoms with van der Waals surface area (Å²) >= 11 is 5.85. The largest absolute Gasteiger partial charge is 0.346 e. The summed E-state index contributed by atoms with van der Waals surface area (Å²) in [5, 5.41) is 13.1. The molecule has 0 aliphatic carbocycles. The molecule has 0 bridgehead atoms. The zero-order chi connectivity index (χ0) is 27.8. The van der Waals surface area contributed by atoms with Crippen LogP contribution in [0, 0.1) is 5.82 Å². The van der Waals surface area contributed by atoms with Gasteiger partial charge < -0.3 is 15.2 Å². The molecule has 0 aliphatic rings. The van der Waals surface area contributed by atoms with Gasteiger partial charge in [0, 0.05) is 41.6 Å². The predicted molar refractivity (Wildman–Crippen MR) is 142 cm³/mol. The summed E-state index contributed by atoms with van der Waals surface area (Å²) in [5.41, 5.74) is 0.997. The van der Waals surface area contributed by atoms with E-state index in [4.69, 9.17) is 11.6 Å². The van der Waals surface area contributed by atoms with E-state index in [1.807, 2.05) is 30.3 Å². The number of halogens is 3. The number of nitrogens with one attached hydrogen (secondary N) is 2. The summed E-state index contributed by atoms with van der Waals surface area (Å²) in [4.78, 5) is 36.9. The molecular weight excluding hydrogens is 530 g/mol. The van der Waals surface area contributed by atoms with Gasteiger partial charge >= 0.3 is 0 Å². The minimum absolute atomic E-state index is 0.00898. The molecule has 0 saturated heterocycles. The van der Waals surface area contributed by atoms with Gasteiger partial charge in [0.15, 0.2) is 5.69 Å². The lowest BCUT2D eigenvalue weighted by molar-refractivity contribution is -0.115. The molecule has 39 heavy (non-hydrogen) atoms. The smallest absolute Gasteiger partial charge is 0.273 e. The Morgan fingerprint density at radius 3 is 2.64 bits per heavy atom. The summed E-state index contributed by atoms with van der Waals surface area (Å²) in [6, 6.07) is 16.1. The third-order valence-corrected chi connectivity index (χ3v) is 6.01. The molecule has 0 fully saturated rings. The molecule has 1 atom stereocenters. The van der Waals surface area contributed by atoms with Crippen molar-refractivity contribution in [2.24, 2.45) is 0 Å². The Morgan fingerprint density at radius 1 is 1.08 bits per heavy atom. The molecule has 0 spiro atoms. The number of carbonyl (C=O) groups is 2. The van der Waals surface area contributed by atoms with Crippen LogP contribution in [-0.2, 0) is 30.8 Å². The number of carbonyl (C=O) groups excluding carboxylic acids is 2. The molecule has 2 aromatic carbocycles. The number of amides is 2. The van der Waals surface area contributed by atoms with Gasteiger partial charge in [-0.1, -0.05) is 47.1 Å². The van der Waals surface area contributed by atoms with Crippen LogP contribution in [0.3, 0.4) is 0 Å². The topological polar surface area (TPSA) is 111 Å². The molecule has 9 nitrogen and oxygen atoms in total. The molecule has 0 radical (unpaired) electrons. The van der Waals surface area contributed by atoms with Crippen molar-refractivity contribution in [3.05, 3.63) is 111 Å². The number of pyridine rings is 1. The first-order chi connectivity index (χ1) is 18.8. The number of aryl methyl sites for hydroxylation is 1. The van der Waals surface area contributed by atoms with Crippen LogP contribution in [0.5, 0.6) is 0 Å². The molecule has 2 amide bonds. The second kappa shape index (κ2) is 12.9. The van der Waals surface area contributed by atoms with Gasteiger partial charge in [-0.05, 0) is 36.2 Å². The lowest BCUT2D eigenvalue weighted by Crippen LogP contribution is -2.24. The highest BCUT2D eigenvalue weighted by Gasteiger charge is 2.15. The van der Waals surface area contributed by atoms with E-state index in [0.717, 1.165) is 5.56 Å². The molecule has 12 heteroatoms. The summed E-state index contributed by atoms with van der Waals surface area (Å²) in [5.74, 6) is -1.36. The van der Waals surface area contributed by atoms with E-state index in [0.29, 0.717) is 10.7 Å². The van der Waals surface area contributed by atoms with Crippen LogP contribution >= 0.6 is 11.6 Å². The number of nitrogens with zero attached hydrogens (tertiary/aromatic N) is 4. The van der Waals surface area contributed by atoms with Gasteiger partial charge in [-0.2, -0.15) is 0 Å². The predicted octanol–water partition coefficient (Wildman–Crippen LogP) is 3.77. The lowest BCUT2D eigenvalue weighted by Gasteiger charge is -2.11. The van der Waals surface area contributed by atoms with Crippen LogP contribution in [0.2, 0.25) is 5.02 Å². The van der Waals surface area contributed by atoms with E-state index in [1.54, 1.807) is 6.07 Å². The number of hydrogen-bond acceptors (Lipinski definition) is 5. The van der Waals surface area contributed by atoms with Crippen molar-refractivity contribution in [1.29, 1.82) is 0 Å². The first kappa shape index (κ1) is 27.6. The van der Waals surface area contributed by atoms with Crippen molar-refractivity contribution in [2.45, 2.75) is 38.6 Å². The fourth-order valence-electron chi connectivity index (χ4n) is 3.77. The number of aromatic nitrogens is 4. The number of alkyl halides is 1. The maximum atomic E-state index is 14.6. The monoisotopic (exact) mass is 554 g/mol. The fraction of sp³-hybridized carbons (Fsp3) is 0.222. The number of anilines is 1. The minimum atomic E-state index is -1.37. The molecule has 1 unspecified atom stereocenters. The van der Waals surface area contributed by atoms with Crippen molar-refractivity contribution in [1.82, 2.24) is 24.9 Å². The Balaban J connectivity index is 1.24. The van der Waals surface area contributed by atoms with E-state index in [-0.39, 0.29) is 55.2 Å². The summed E-state index contributed by atoms with van der Waals surface area (Å²) in [6.45, 7) is -0.175. The molecule has 2 aromatic heterocycles. The quantitative estimate of drug-likeness (QED) is 0.293. The normalized spacial score (nSPS) is 11.7. The van der Waals surface area contributed by atoms with E-state index >= 15 is 0 Å². The highest BCUT2D eigenvalue weighted by Crippen LogP contribution is 2.15. The average molecular weight is 555 g/mol. The number of hydrogen-bond donors (Lipinski definition) is 2. The molecule has 2 heterocycles.